The number of nitrogens with one attached hydrogen (secondary N) is 2. The molecule has 0 fully saturated rings. The Morgan fingerprint density at radius 2 is 1.86 bits per heavy atom. The Bertz CT molecular complexity index is 944. The van der Waals surface area contributed by atoms with Gasteiger partial charge in [0.05, 0.1) is 11.1 Å². The highest BCUT2D eigenvalue weighted by Gasteiger charge is 2.10. The zero-order valence-electron chi connectivity index (χ0n) is 15.4. The van der Waals surface area contributed by atoms with Crippen LogP contribution < -0.4 is 10.7 Å². The van der Waals surface area contributed by atoms with Crippen molar-refractivity contribution in [3.05, 3.63) is 68.2 Å². The van der Waals surface area contributed by atoms with Crippen LogP contribution in [0.2, 0.25) is 5.02 Å². The van der Waals surface area contributed by atoms with Crippen LogP contribution in [0, 0.1) is 24.0 Å². The number of nitro benzene ring substituents is 1. The van der Waals surface area contributed by atoms with Crippen molar-refractivity contribution < 1.29 is 14.5 Å². The van der Waals surface area contributed by atoms with E-state index in [1.54, 1.807) is 0 Å². The predicted molar refractivity (Wildman–Crippen MR) is 108 cm³/mol. The van der Waals surface area contributed by atoms with Crippen molar-refractivity contribution in [1.82, 2.24) is 5.43 Å². The number of rotatable bonds is 7. The number of nitro groups is 1. The molecule has 2 rings (SSSR count). The van der Waals surface area contributed by atoms with E-state index >= 15 is 0 Å². The lowest BCUT2D eigenvalue weighted by atomic mass is 10.1. The first kappa shape index (κ1) is 21.0. The molecule has 2 aromatic carbocycles. The first-order valence-electron chi connectivity index (χ1n) is 8.39. The Morgan fingerprint density at radius 3 is 2.54 bits per heavy atom. The molecule has 0 aliphatic heterocycles. The van der Waals surface area contributed by atoms with E-state index in [1.165, 1.54) is 24.4 Å². The highest BCUT2D eigenvalue weighted by atomic mass is 35.5. The molecule has 0 radical (unpaired) electrons. The number of non-ortho nitro benzene ring substituents is 1. The maximum atomic E-state index is 12.0. The Hall–Kier alpha value is -3.26. The molecule has 2 N–H and O–H groups in total. The van der Waals surface area contributed by atoms with Crippen LogP contribution in [0.25, 0.3) is 0 Å². The summed E-state index contributed by atoms with van der Waals surface area (Å²) in [6, 6.07) is 9.55. The molecule has 9 heteroatoms. The molecular weight excluding hydrogens is 384 g/mol. The van der Waals surface area contributed by atoms with Gasteiger partial charge in [-0.1, -0.05) is 29.3 Å². The summed E-state index contributed by atoms with van der Waals surface area (Å²) in [5, 5.41) is 17.5. The summed E-state index contributed by atoms with van der Waals surface area (Å²) < 4.78 is 0. The zero-order valence-corrected chi connectivity index (χ0v) is 16.1. The standard InChI is InChI=1S/C19H19ClN4O4/c1-12-3-6-17(13(2)9-12)22-18(25)7-8-19(26)23-21-11-14-10-15(24(27)28)4-5-16(14)20/h3-6,9-11H,7-8H2,1-2H3,(H,22,25)(H,23,26). The lowest BCUT2D eigenvalue weighted by Gasteiger charge is -2.08. The van der Waals surface area contributed by atoms with Crippen molar-refractivity contribution in [3.8, 4) is 0 Å². The second-order valence-corrected chi connectivity index (χ2v) is 6.53. The molecule has 0 heterocycles. The summed E-state index contributed by atoms with van der Waals surface area (Å²) in [4.78, 5) is 34.0. The van der Waals surface area contributed by atoms with Gasteiger partial charge in [0.25, 0.3) is 5.69 Å². The minimum atomic E-state index is -0.555. The lowest BCUT2D eigenvalue weighted by molar-refractivity contribution is -0.384. The van der Waals surface area contributed by atoms with Crippen LogP contribution in [0.5, 0.6) is 0 Å². The summed E-state index contributed by atoms with van der Waals surface area (Å²) in [7, 11) is 0. The van der Waals surface area contributed by atoms with Crippen LogP contribution in [-0.2, 0) is 9.59 Å². The van der Waals surface area contributed by atoms with Crippen molar-refractivity contribution in [1.29, 1.82) is 0 Å². The summed E-state index contributed by atoms with van der Waals surface area (Å²) in [6.45, 7) is 3.85. The fourth-order valence-corrected chi connectivity index (χ4v) is 2.53. The van der Waals surface area contributed by atoms with Gasteiger partial charge in [-0.3, -0.25) is 19.7 Å². The van der Waals surface area contributed by atoms with Gasteiger partial charge in [-0.2, -0.15) is 5.10 Å². The molecule has 0 atom stereocenters. The number of hydrogen-bond donors (Lipinski definition) is 2. The van der Waals surface area contributed by atoms with Crippen LogP contribution in [0.4, 0.5) is 11.4 Å². The molecule has 0 saturated heterocycles. The quantitative estimate of drug-likeness (QED) is 0.417. The van der Waals surface area contributed by atoms with Gasteiger partial charge in [-0.05, 0) is 31.5 Å². The molecule has 146 valence electrons. The van der Waals surface area contributed by atoms with E-state index in [1.807, 2.05) is 32.0 Å². The number of hydrazone groups is 1. The number of carbonyl (C=O) groups excluding carboxylic acids is 2. The largest absolute Gasteiger partial charge is 0.326 e. The Labute approximate surface area is 166 Å². The SMILES string of the molecule is Cc1ccc(NC(=O)CCC(=O)NN=Cc2cc([N+](=O)[O-])ccc2Cl)c(C)c1. The Morgan fingerprint density at radius 1 is 1.14 bits per heavy atom. The van der Waals surface area contributed by atoms with Crippen molar-refractivity contribution in [2.24, 2.45) is 5.10 Å². The van der Waals surface area contributed by atoms with Crippen LogP contribution in [0.3, 0.4) is 0 Å². The van der Waals surface area contributed by atoms with Gasteiger partial charge < -0.3 is 5.32 Å². The fraction of sp³-hybridized carbons (Fsp3) is 0.211. The maximum Gasteiger partial charge on any atom is 0.270 e. The molecule has 0 unspecified atom stereocenters. The number of carbonyl (C=O) groups is 2. The predicted octanol–water partition coefficient (Wildman–Crippen LogP) is 3.73. The van der Waals surface area contributed by atoms with Crippen molar-refractivity contribution >= 4 is 41.0 Å². The molecule has 28 heavy (non-hydrogen) atoms. The molecule has 2 aromatic rings. The summed E-state index contributed by atoms with van der Waals surface area (Å²) in [5.41, 5.74) is 5.16. The third kappa shape index (κ3) is 6.17. The third-order valence-electron chi connectivity index (χ3n) is 3.82. The first-order chi connectivity index (χ1) is 13.3. The molecule has 0 aliphatic carbocycles. The van der Waals surface area contributed by atoms with Crippen LogP contribution >= 0.6 is 11.6 Å². The summed E-state index contributed by atoms with van der Waals surface area (Å²) in [5.74, 6) is -0.749. The molecular formula is C19H19ClN4O4. The number of benzene rings is 2. The molecule has 0 spiro atoms. The number of aryl methyl sites for hydroxylation is 2. The summed E-state index contributed by atoms with van der Waals surface area (Å²) >= 11 is 5.94. The number of halogens is 1. The second kappa shape index (κ2) is 9.61. The molecule has 8 nitrogen and oxygen atoms in total. The zero-order chi connectivity index (χ0) is 20.7. The van der Waals surface area contributed by atoms with Gasteiger partial charge >= 0.3 is 0 Å². The van der Waals surface area contributed by atoms with Crippen molar-refractivity contribution in [2.45, 2.75) is 26.7 Å². The molecule has 0 saturated carbocycles. The fourth-order valence-electron chi connectivity index (χ4n) is 2.37. The monoisotopic (exact) mass is 402 g/mol. The van der Waals surface area contributed by atoms with Crippen molar-refractivity contribution in [2.75, 3.05) is 5.32 Å². The van der Waals surface area contributed by atoms with E-state index in [9.17, 15) is 19.7 Å². The van der Waals surface area contributed by atoms with Crippen LogP contribution in [0.1, 0.15) is 29.5 Å². The van der Waals surface area contributed by atoms with Crippen LogP contribution in [-0.4, -0.2) is 23.0 Å². The number of anilines is 1. The van der Waals surface area contributed by atoms with Gasteiger partial charge in [0, 0.05) is 41.2 Å². The smallest absolute Gasteiger partial charge is 0.270 e. The van der Waals surface area contributed by atoms with Gasteiger partial charge in [-0.25, -0.2) is 5.43 Å². The average molecular weight is 403 g/mol. The highest BCUT2D eigenvalue weighted by molar-refractivity contribution is 6.33. The maximum absolute atomic E-state index is 12.0. The molecule has 2 amide bonds. The minimum absolute atomic E-state index is 0.00770. The summed E-state index contributed by atoms with van der Waals surface area (Å²) in [6.07, 6.45) is 1.14. The average Bonchev–Trinajstić information content (AvgIpc) is 2.63. The van der Waals surface area contributed by atoms with Gasteiger partial charge in [0.2, 0.25) is 11.8 Å². The normalized spacial score (nSPS) is 10.7. The third-order valence-corrected chi connectivity index (χ3v) is 4.16. The molecule has 0 aromatic heterocycles. The molecule has 0 bridgehead atoms. The van der Waals surface area contributed by atoms with E-state index in [0.29, 0.717) is 11.3 Å². The number of hydrogen-bond acceptors (Lipinski definition) is 5. The van der Waals surface area contributed by atoms with Gasteiger partial charge in [0.15, 0.2) is 0 Å². The topological polar surface area (TPSA) is 114 Å². The van der Waals surface area contributed by atoms with E-state index < -0.39 is 10.8 Å². The van der Waals surface area contributed by atoms with Crippen LogP contribution in [0.15, 0.2) is 41.5 Å². The van der Waals surface area contributed by atoms with E-state index in [-0.39, 0.29) is 29.5 Å². The van der Waals surface area contributed by atoms with E-state index in [0.717, 1.165) is 11.1 Å². The van der Waals surface area contributed by atoms with E-state index in [4.69, 9.17) is 11.6 Å². The number of nitrogens with zero attached hydrogens (tertiary/aromatic N) is 2. The second-order valence-electron chi connectivity index (χ2n) is 6.12. The minimum Gasteiger partial charge on any atom is -0.326 e. The first-order valence-corrected chi connectivity index (χ1v) is 8.77. The van der Waals surface area contributed by atoms with Gasteiger partial charge in [0.1, 0.15) is 0 Å². The number of amides is 2. The lowest BCUT2D eigenvalue weighted by Crippen LogP contribution is -2.21. The van der Waals surface area contributed by atoms with Crippen molar-refractivity contribution in [3.63, 3.8) is 0 Å². The highest BCUT2D eigenvalue weighted by Crippen LogP contribution is 2.20. The van der Waals surface area contributed by atoms with Gasteiger partial charge in [-0.15, -0.1) is 0 Å². The molecule has 0 aliphatic rings. The Kier molecular flexibility index (Phi) is 7.22. The van der Waals surface area contributed by atoms with E-state index in [2.05, 4.69) is 15.8 Å². The Balaban J connectivity index is 1.84.